The van der Waals surface area contributed by atoms with Crippen LogP contribution < -0.4 is 15.4 Å². The van der Waals surface area contributed by atoms with Crippen LogP contribution in [0, 0.1) is 5.92 Å². The summed E-state index contributed by atoms with van der Waals surface area (Å²) in [5, 5.41) is 5.97. The Balaban J connectivity index is 1.42. The van der Waals surface area contributed by atoms with Crippen molar-refractivity contribution in [3.05, 3.63) is 65.7 Å². The Morgan fingerprint density at radius 2 is 1.66 bits per heavy atom. The van der Waals surface area contributed by atoms with E-state index in [0.717, 1.165) is 16.9 Å². The first-order chi connectivity index (χ1) is 14.2. The van der Waals surface area contributed by atoms with E-state index in [1.54, 1.807) is 4.90 Å². The Labute approximate surface area is 172 Å². The molecule has 3 rings (SSSR count). The summed E-state index contributed by atoms with van der Waals surface area (Å²) in [6.45, 7) is 4.66. The maximum Gasteiger partial charge on any atom is 0.317 e. The molecule has 1 heterocycles. The monoisotopic (exact) mass is 395 g/mol. The number of rotatable bonds is 7. The average Bonchev–Trinajstić information content (AvgIpc) is 2.77. The standard InChI is InChI=1S/C23H29N3O3/c1-2-29-21-11-7-6-10-20(21)17-25-23(28)26-14-12-19(13-15-26)22(27)24-16-18-8-4-3-5-9-18/h3-11,19H,2,12-17H2,1H3,(H,24,27)(H,25,28). The second-order valence-corrected chi connectivity index (χ2v) is 7.16. The highest BCUT2D eigenvalue weighted by molar-refractivity contribution is 5.79. The van der Waals surface area contributed by atoms with Gasteiger partial charge >= 0.3 is 6.03 Å². The van der Waals surface area contributed by atoms with Gasteiger partial charge < -0.3 is 20.3 Å². The lowest BCUT2D eigenvalue weighted by molar-refractivity contribution is -0.126. The molecule has 0 aromatic heterocycles. The third kappa shape index (κ3) is 5.98. The molecule has 1 aliphatic rings. The number of carbonyl (C=O) groups excluding carboxylic acids is 2. The van der Waals surface area contributed by atoms with Gasteiger partial charge in [0, 0.05) is 37.7 Å². The smallest absolute Gasteiger partial charge is 0.317 e. The fourth-order valence-corrected chi connectivity index (χ4v) is 3.50. The molecule has 0 spiro atoms. The highest BCUT2D eigenvalue weighted by Crippen LogP contribution is 2.19. The van der Waals surface area contributed by atoms with E-state index in [1.807, 2.05) is 61.5 Å². The zero-order valence-corrected chi connectivity index (χ0v) is 16.9. The molecule has 2 aromatic carbocycles. The van der Waals surface area contributed by atoms with Gasteiger partial charge in [0.2, 0.25) is 5.91 Å². The minimum Gasteiger partial charge on any atom is -0.494 e. The van der Waals surface area contributed by atoms with Crippen LogP contribution in [0.2, 0.25) is 0 Å². The quantitative estimate of drug-likeness (QED) is 0.756. The third-order valence-electron chi connectivity index (χ3n) is 5.17. The lowest BCUT2D eigenvalue weighted by atomic mass is 9.96. The van der Waals surface area contributed by atoms with Crippen LogP contribution in [0.4, 0.5) is 4.79 Å². The molecule has 2 aromatic rings. The Bertz CT molecular complexity index is 802. The molecule has 29 heavy (non-hydrogen) atoms. The van der Waals surface area contributed by atoms with Gasteiger partial charge in [-0.15, -0.1) is 0 Å². The molecule has 0 unspecified atom stereocenters. The van der Waals surface area contributed by atoms with Crippen molar-refractivity contribution in [2.75, 3.05) is 19.7 Å². The zero-order valence-electron chi connectivity index (χ0n) is 16.9. The number of ether oxygens (including phenoxy) is 1. The molecule has 6 nitrogen and oxygen atoms in total. The van der Waals surface area contributed by atoms with E-state index in [2.05, 4.69) is 10.6 Å². The van der Waals surface area contributed by atoms with E-state index < -0.39 is 0 Å². The fourth-order valence-electron chi connectivity index (χ4n) is 3.50. The molecule has 0 saturated carbocycles. The number of piperidine rings is 1. The van der Waals surface area contributed by atoms with Crippen LogP contribution in [-0.2, 0) is 17.9 Å². The highest BCUT2D eigenvalue weighted by Gasteiger charge is 2.27. The molecule has 0 radical (unpaired) electrons. The second kappa shape index (κ2) is 10.5. The van der Waals surface area contributed by atoms with Crippen LogP contribution in [0.3, 0.4) is 0 Å². The van der Waals surface area contributed by atoms with Gasteiger partial charge in [0.25, 0.3) is 0 Å². The van der Waals surface area contributed by atoms with Crippen LogP contribution in [0.25, 0.3) is 0 Å². The first kappa shape index (κ1) is 20.7. The first-order valence-electron chi connectivity index (χ1n) is 10.2. The molecule has 3 amide bonds. The van der Waals surface area contributed by atoms with Crippen LogP contribution in [0.1, 0.15) is 30.9 Å². The van der Waals surface area contributed by atoms with Crippen molar-refractivity contribution >= 4 is 11.9 Å². The number of likely N-dealkylation sites (tertiary alicyclic amines) is 1. The van der Waals surface area contributed by atoms with E-state index in [4.69, 9.17) is 4.74 Å². The van der Waals surface area contributed by atoms with Crippen LogP contribution in [0.5, 0.6) is 5.75 Å². The molecule has 2 N–H and O–H groups in total. The lowest BCUT2D eigenvalue weighted by Crippen LogP contribution is -2.46. The normalized spacial score (nSPS) is 14.3. The van der Waals surface area contributed by atoms with E-state index in [0.29, 0.717) is 45.6 Å². The molecule has 0 atom stereocenters. The average molecular weight is 396 g/mol. The number of hydrogen-bond donors (Lipinski definition) is 2. The lowest BCUT2D eigenvalue weighted by Gasteiger charge is -2.31. The summed E-state index contributed by atoms with van der Waals surface area (Å²) in [5.74, 6) is 0.824. The second-order valence-electron chi connectivity index (χ2n) is 7.16. The van der Waals surface area contributed by atoms with E-state index >= 15 is 0 Å². The zero-order chi connectivity index (χ0) is 20.5. The SMILES string of the molecule is CCOc1ccccc1CNC(=O)N1CCC(C(=O)NCc2ccccc2)CC1. The van der Waals surface area contributed by atoms with Gasteiger partial charge in [-0.1, -0.05) is 48.5 Å². The maximum atomic E-state index is 12.5. The fraction of sp³-hybridized carbons (Fsp3) is 0.391. The molecule has 1 saturated heterocycles. The number of carbonyl (C=O) groups is 2. The number of urea groups is 1. The molecule has 1 aliphatic heterocycles. The molecular formula is C23H29N3O3. The van der Waals surface area contributed by atoms with Crippen molar-refractivity contribution in [2.24, 2.45) is 5.92 Å². The summed E-state index contributed by atoms with van der Waals surface area (Å²) in [6.07, 6.45) is 1.37. The van der Waals surface area contributed by atoms with Gasteiger partial charge in [0.05, 0.1) is 6.61 Å². The summed E-state index contributed by atoms with van der Waals surface area (Å²) < 4.78 is 5.60. The van der Waals surface area contributed by atoms with Gasteiger partial charge in [0.15, 0.2) is 0 Å². The summed E-state index contributed by atoms with van der Waals surface area (Å²) in [7, 11) is 0. The van der Waals surface area contributed by atoms with Crippen molar-refractivity contribution in [1.29, 1.82) is 0 Å². The van der Waals surface area contributed by atoms with Gasteiger partial charge in [0.1, 0.15) is 5.75 Å². The molecule has 0 aliphatic carbocycles. The number of amides is 3. The largest absolute Gasteiger partial charge is 0.494 e. The molecule has 154 valence electrons. The molecule has 1 fully saturated rings. The van der Waals surface area contributed by atoms with Crippen molar-refractivity contribution in [1.82, 2.24) is 15.5 Å². The maximum absolute atomic E-state index is 12.5. The number of nitrogens with one attached hydrogen (secondary N) is 2. The van der Waals surface area contributed by atoms with Gasteiger partial charge in [-0.25, -0.2) is 4.79 Å². The third-order valence-corrected chi connectivity index (χ3v) is 5.17. The predicted molar refractivity (Wildman–Crippen MR) is 112 cm³/mol. The van der Waals surface area contributed by atoms with Crippen molar-refractivity contribution in [3.8, 4) is 5.75 Å². The summed E-state index contributed by atoms with van der Waals surface area (Å²) in [6, 6.07) is 17.5. The molecule has 6 heteroatoms. The van der Waals surface area contributed by atoms with E-state index in [1.165, 1.54) is 0 Å². The minimum absolute atomic E-state index is 0.0403. The van der Waals surface area contributed by atoms with E-state index in [-0.39, 0.29) is 17.9 Å². The number of benzene rings is 2. The number of nitrogens with zero attached hydrogens (tertiary/aromatic N) is 1. The molecule has 0 bridgehead atoms. The van der Waals surface area contributed by atoms with Crippen molar-refractivity contribution < 1.29 is 14.3 Å². The van der Waals surface area contributed by atoms with Crippen molar-refractivity contribution in [2.45, 2.75) is 32.9 Å². The van der Waals surface area contributed by atoms with Crippen LogP contribution in [-0.4, -0.2) is 36.5 Å². The highest BCUT2D eigenvalue weighted by atomic mass is 16.5. The Morgan fingerprint density at radius 3 is 2.38 bits per heavy atom. The topological polar surface area (TPSA) is 70.7 Å². The summed E-state index contributed by atoms with van der Waals surface area (Å²) >= 11 is 0. The summed E-state index contributed by atoms with van der Waals surface area (Å²) in [4.78, 5) is 26.7. The van der Waals surface area contributed by atoms with Crippen molar-refractivity contribution in [3.63, 3.8) is 0 Å². The van der Waals surface area contributed by atoms with Gasteiger partial charge in [-0.2, -0.15) is 0 Å². The van der Waals surface area contributed by atoms with E-state index in [9.17, 15) is 9.59 Å². The molecular weight excluding hydrogens is 366 g/mol. The number of hydrogen-bond acceptors (Lipinski definition) is 3. The van der Waals surface area contributed by atoms with Gasteiger partial charge in [-0.3, -0.25) is 4.79 Å². The van der Waals surface area contributed by atoms with Crippen LogP contribution in [0.15, 0.2) is 54.6 Å². The van der Waals surface area contributed by atoms with Crippen LogP contribution >= 0.6 is 0 Å². The summed E-state index contributed by atoms with van der Waals surface area (Å²) in [5.41, 5.74) is 2.04. The predicted octanol–water partition coefficient (Wildman–Crippen LogP) is 3.32. The van der Waals surface area contributed by atoms with Gasteiger partial charge in [-0.05, 0) is 31.4 Å². The Morgan fingerprint density at radius 1 is 0.966 bits per heavy atom. The minimum atomic E-state index is -0.0977. The number of para-hydroxylation sites is 1. The Hall–Kier alpha value is -3.02. The Kier molecular flexibility index (Phi) is 7.50. The first-order valence-corrected chi connectivity index (χ1v) is 10.2.